The molecule has 0 aromatic heterocycles. The van der Waals surface area contributed by atoms with Crippen molar-refractivity contribution >= 4 is 5.91 Å². The first-order valence-electron chi connectivity index (χ1n) is 8.11. The maximum absolute atomic E-state index is 12.3. The highest BCUT2D eigenvalue weighted by Gasteiger charge is 2.33. The molecule has 0 radical (unpaired) electrons. The quantitative estimate of drug-likeness (QED) is 0.684. The SMILES string of the molecule is CC1=CCC(C(C)=CCN(C(=O)C2CC2)C(C)C)CC1. The largest absolute Gasteiger partial charge is 0.336 e. The van der Waals surface area contributed by atoms with Gasteiger partial charge in [-0.1, -0.05) is 23.3 Å². The van der Waals surface area contributed by atoms with E-state index >= 15 is 0 Å². The number of hydrogen-bond acceptors (Lipinski definition) is 1. The van der Waals surface area contributed by atoms with E-state index < -0.39 is 0 Å². The molecule has 1 saturated carbocycles. The molecule has 0 spiro atoms. The van der Waals surface area contributed by atoms with Gasteiger partial charge in [-0.05, 0) is 65.7 Å². The molecule has 1 amide bonds. The smallest absolute Gasteiger partial charge is 0.226 e. The molecule has 20 heavy (non-hydrogen) atoms. The van der Waals surface area contributed by atoms with Crippen molar-refractivity contribution in [1.29, 1.82) is 0 Å². The number of amides is 1. The molecule has 0 N–H and O–H groups in total. The average molecular weight is 275 g/mol. The zero-order valence-corrected chi connectivity index (χ0v) is 13.5. The summed E-state index contributed by atoms with van der Waals surface area (Å²) in [6, 6.07) is 0.306. The predicted molar refractivity (Wildman–Crippen MR) is 84.4 cm³/mol. The maximum Gasteiger partial charge on any atom is 0.226 e. The Kier molecular flexibility index (Phi) is 5.06. The van der Waals surface area contributed by atoms with Crippen molar-refractivity contribution in [3.05, 3.63) is 23.3 Å². The Morgan fingerprint density at radius 3 is 2.55 bits per heavy atom. The first-order chi connectivity index (χ1) is 9.49. The zero-order valence-electron chi connectivity index (χ0n) is 13.5. The summed E-state index contributed by atoms with van der Waals surface area (Å²) in [5.74, 6) is 1.37. The average Bonchev–Trinajstić information content (AvgIpc) is 3.23. The summed E-state index contributed by atoms with van der Waals surface area (Å²) in [7, 11) is 0. The predicted octanol–water partition coefficient (Wildman–Crippen LogP) is 4.33. The van der Waals surface area contributed by atoms with Crippen LogP contribution in [-0.2, 0) is 4.79 Å². The maximum atomic E-state index is 12.3. The molecule has 2 rings (SSSR count). The van der Waals surface area contributed by atoms with Crippen molar-refractivity contribution in [2.45, 2.75) is 65.8 Å². The lowest BCUT2D eigenvalue weighted by Crippen LogP contribution is -2.38. The van der Waals surface area contributed by atoms with Gasteiger partial charge in [0.05, 0.1) is 0 Å². The van der Waals surface area contributed by atoms with Crippen molar-refractivity contribution in [2.24, 2.45) is 11.8 Å². The normalized spacial score (nSPS) is 23.8. The molecule has 1 fully saturated rings. The van der Waals surface area contributed by atoms with Crippen molar-refractivity contribution in [1.82, 2.24) is 4.90 Å². The van der Waals surface area contributed by atoms with Crippen molar-refractivity contribution in [3.8, 4) is 0 Å². The molecule has 2 aliphatic rings. The molecular weight excluding hydrogens is 246 g/mol. The number of rotatable bonds is 5. The third kappa shape index (κ3) is 3.97. The minimum Gasteiger partial charge on any atom is -0.336 e. The number of carbonyl (C=O) groups excluding carboxylic acids is 1. The molecule has 2 nitrogen and oxygen atoms in total. The van der Waals surface area contributed by atoms with Gasteiger partial charge in [0.25, 0.3) is 0 Å². The number of nitrogens with zero attached hydrogens (tertiary/aromatic N) is 1. The van der Waals surface area contributed by atoms with E-state index in [0.29, 0.717) is 23.8 Å². The Balaban J connectivity index is 1.93. The standard InChI is InChI=1S/C18H29NO/c1-13(2)19(18(20)17-9-10-17)12-11-15(4)16-7-5-14(3)6-8-16/h5,11,13,16-17H,6-10,12H2,1-4H3. The van der Waals surface area contributed by atoms with Gasteiger partial charge in [0.15, 0.2) is 0 Å². The molecule has 112 valence electrons. The summed E-state index contributed by atoms with van der Waals surface area (Å²) in [4.78, 5) is 14.3. The first kappa shape index (κ1) is 15.3. The minimum atomic E-state index is 0.306. The van der Waals surface area contributed by atoms with Crippen LogP contribution in [0, 0.1) is 11.8 Å². The Labute approximate surface area is 123 Å². The van der Waals surface area contributed by atoms with Gasteiger partial charge in [-0.25, -0.2) is 0 Å². The Hall–Kier alpha value is -1.05. The molecule has 0 aromatic carbocycles. The third-order valence-corrected chi connectivity index (χ3v) is 4.72. The highest BCUT2D eigenvalue weighted by Crippen LogP contribution is 2.32. The van der Waals surface area contributed by atoms with Gasteiger partial charge in [0.1, 0.15) is 0 Å². The van der Waals surface area contributed by atoms with Gasteiger partial charge in [-0.2, -0.15) is 0 Å². The second-order valence-corrected chi connectivity index (χ2v) is 6.83. The number of allylic oxidation sites excluding steroid dienone is 3. The fourth-order valence-electron chi connectivity index (χ4n) is 2.91. The summed E-state index contributed by atoms with van der Waals surface area (Å²) in [6.07, 6.45) is 10.5. The topological polar surface area (TPSA) is 20.3 Å². The van der Waals surface area contributed by atoms with Crippen molar-refractivity contribution < 1.29 is 4.79 Å². The molecule has 0 saturated heterocycles. The van der Waals surface area contributed by atoms with Crippen molar-refractivity contribution in [3.63, 3.8) is 0 Å². The van der Waals surface area contributed by atoms with Crippen LogP contribution >= 0.6 is 0 Å². The van der Waals surface area contributed by atoms with Crippen LogP contribution in [0.1, 0.15) is 59.8 Å². The molecule has 2 heteroatoms. The summed E-state index contributed by atoms with van der Waals surface area (Å²) in [5.41, 5.74) is 2.99. The highest BCUT2D eigenvalue weighted by molar-refractivity contribution is 5.81. The van der Waals surface area contributed by atoms with Crippen LogP contribution in [0.2, 0.25) is 0 Å². The Morgan fingerprint density at radius 1 is 1.35 bits per heavy atom. The molecule has 1 atom stereocenters. The molecule has 1 unspecified atom stereocenters. The van der Waals surface area contributed by atoms with E-state index in [0.717, 1.165) is 19.4 Å². The van der Waals surface area contributed by atoms with Gasteiger partial charge in [0, 0.05) is 18.5 Å². The minimum absolute atomic E-state index is 0.306. The molecule has 0 bridgehead atoms. The Morgan fingerprint density at radius 2 is 2.05 bits per heavy atom. The van der Waals surface area contributed by atoms with Gasteiger partial charge in [0.2, 0.25) is 5.91 Å². The lowest BCUT2D eigenvalue weighted by Gasteiger charge is -2.27. The van der Waals surface area contributed by atoms with Crippen LogP contribution in [0.3, 0.4) is 0 Å². The first-order valence-corrected chi connectivity index (χ1v) is 8.11. The van der Waals surface area contributed by atoms with E-state index in [1.807, 2.05) is 4.90 Å². The lowest BCUT2D eigenvalue weighted by atomic mass is 9.85. The van der Waals surface area contributed by atoms with Gasteiger partial charge in [-0.3, -0.25) is 4.79 Å². The van der Waals surface area contributed by atoms with Crippen LogP contribution in [0.25, 0.3) is 0 Å². The van der Waals surface area contributed by atoms with Crippen LogP contribution in [0.4, 0.5) is 0 Å². The van der Waals surface area contributed by atoms with Gasteiger partial charge >= 0.3 is 0 Å². The fourth-order valence-corrected chi connectivity index (χ4v) is 2.91. The van der Waals surface area contributed by atoms with E-state index in [1.54, 1.807) is 0 Å². The second-order valence-electron chi connectivity index (χ2n) is 6.83. The van der Waals surface area contributed by atoms with E-state index in [1.165, 1.54) is 30.4 Å². The van der Waals surface area contributed by atoms with Crippen LogP contribution in [0.15, 0.2) is 23.3 Å². The number of hydrogen-bond donors (Lipinski definition) is 0. The molecule has 2 aliphatic carbocycles. The summed E-state index contributed by atoms with van der Waals surface area (Å²) >= 11 is 0. The fraction of sp³-hybridized carbons (Fsp3) is 0.722. The van der Waals surface area contributed by atoms with Crippen LogP contribution in [-0.4, -0.2) is 23.4 Å². The van der Waals surface area contributed by atoms with Crippen LogP contribution < -0.4 is 0 Å². The van der Waals surface area contributed by atoms with E-state index in [4.69, 9.17) is 0 Å². The van der Waals surface area contributed by atoms with Crippen molar-refractivity contribution in [2.75, 3.05) is 6.54 Å². The van der Waals surface area contributed by atoms with E-state index in [9.17, 15) is 4.79 Å². The molecule has 0 aromatic rings. The number of carbonyl (C=O) groups is 1. The van der Waals surface area contributed by atoms with Crippen LogP contribution in [0.5, 0.6) is 0 Å². The monoisotopic (exact) mass is 275 g/mol. The van der Waals surface area contributed by atoms with Gasteiger partial charge in [-0.15, -0.1) is 0 Å². The second kappa shape index (κ2) is 6.60. The summed E-state index contributed by atoms with van der Waals surface area (Å²) in [6.45, 7) is 9.49. The Bertz CT molecular complexity index is 415. The zero-order chi connectivity index (χ0) is 14.7. The van der Waals surface area contributed by atoms with Gasteiger partial charge < -0.3 is 4.90 Å². The highest BCUT2D eigenvalue weighted by atomic mass is 16.2. The third-order valence-electron chi connectivity index (χ3n) is 4.72. The summed E-state index contributed by atoms with van der Waals surface area (Å²) < 4.78 is 0. The molecule has 0 heterocycles. The summed E-state index contributed by atoms with van der Waals surface area (Å²) in [5, 5.41) is 0. The molecular formula is C18H29NO. The van der Waals surface area contributed by atoms with E-state index in [-0.39, 0.29) is 0 Å². The lowest BCUT2D eigenvalue weighted by molar-refractivity contribution is -0.133. The van der Waals surface area contributed by atoms with E-state index in [2.05, 4.69) is 39.8 Å². The molecule has 0 aliphatic heterocycles.